The molecule has 0 aromatic carbocycles. The third-order valence-corrected chi connectivity index (χ3v) is 9.62. The Kier molecular flexibility index (Phi) is 8.24. The predicted molar refractivity (Wildman–Crippen MR) is 77.6 cm³/mol. The number of halogens is 18. The highest BCUT2D eigenvalue weighted by Gasteiger charge is 2.95. The molecule has 39 heavy (non-hydrogen) atoms. The van der Waals surface area contributed by atoms with Crippen LogP contribution in [0.1, 0.15) is 0 Å². The minimum absolute atomic E-state index is 5.12. The fourth-order valence-electron chi connectivity index (χ4n) is 2.12. The number of aliphatic carboxylic acids is 2. The number of alkyl halides is 18. The summed E-state index contributed by atoms with van der Waals surface area (Å²) in [4.78, 5) is 22.2. The molecule has 0 rings (SSSR count). The lowest BCUT2D eigenvalue weighted by Gasteiger charge is -2.39. The maximum absolute atomic E-state index is 14.0. The molecule has 0 aliphatic heterocycles. The van der Waals surface area contributed by atoms with Crippen molar-refractivity contribution in [3.8, 4) is 0 Å². The summed E-state index contributed by atoms with van der Waals surface area (Å²) >= 11 is 0. The average molecular weight is 668 g/mol. The number of carbonyl (C=O) groups is 2. The summed E-state index contributed by atoms with van der Waals surface area (Å²) in [6, 6.07) is 0. The third kappa shape index (κ3) is 4.05. The van der Waals surface area contributed by atoms with Crippen molar-refractivity contribution in [3.63, 3.8) is 0 Å². The maximum atomic E-state index is 14.0. The Bertz CT molecular complexity index is 1130. The summed E-state index contributed by atoms with van der Waals surface area (Å²) in [7, 11) is -19.9. The summed E-state index contributed by atoms with van der Waals surface area (Å²) in [5, 5.41) is -0.764. The normalized spacial score (nSPS) is 16.3. The molecular formula is C11H2F18O8S2. The molecule has 0 unspecified atom stereocenters. The molecule has 0 radical (unpaired) electrons. The van der Waals surface area contributed by atoms with Crippen molar-refractivity contribution in [2.75, 3.05) is 0 Å². The van der Waals surface area contributed by atoms with E-state index in [4.69, 9.17) is 10.2 Å². The molecule has 8 nitrogen and oxygen atoms in total. The number of hydrogen-bond acceptors (Lipinski definition) is 6. The Balaban J connectivity index is 8.21. The van der Waals surface area contributed by atoms with Crippen LogP contribution in [-0.4, -0.2) is 89.6 Å². The van der Waals surface area contributed by atoms with Gasteiger partial charge in [-0.15, -0.1) is 0 Å². The van der Waals surface area contributed by atoms with Gasteiger partial charge in [0.05, 0.1) is 0 Å². The van der Waals surface area contributed by atoms with Gasteiger partial charge in [-0.2, -0.15) is 79.0 Å². The minimum Gasteiger partial charge on any atom is -0.479 e. The van der Waals surface area contributed by atoms with Crippen LogP contribution < -0.4 is 0 Å². The van der Waals surface area contributed by atoms with Gasteiger partial charge in [0.2, 0.25) is 0 Å². The number of carboxylic acid groups (broad SMARTS) is 2. The van der Waals surface area contributed by atoms with E-state index in [9.17, 15) is 105 Å². The van der Waals surface area contributed by atoms with Crippen LogP contribution >= 0.6 is 0 Å². The number of rotatable bonds is 10. The Morgan fingerprint density at radius 3 is 0.718 bits per heavy atom. The first-order valence-electron chi connectivity index (χ1n) is 7.74. The molecular weight excluding hydrogens is 666 g/mol. The second kappa shape index (κ2) is 8.79. The van der Waals surface area contributed by atoms with E-state index in [1.165, 1.54) is 0 Å². The number of sulfone groups is 2. The topological polar surface area (TPSA) is 143 Å². The lowest BCUT2D eigenvalue weighted by molar-refractivity contribution is -0.382. The number of carboxylic acids is 2. The van der Waals surface area contributed by atoms with Crippen LogP contribution in [0.3, 0.4) is 0 Å². The second-order valence-corrected chi connectivity index (χ2v) is 11.1. The summed E-state index contributed by atoms with van der Waals surface area (Å²) in [6.45, 7) is 0. The van der Waals surface area contributed by atoms with Crippen LogP contribution in [0, 0.1) is 0 Å². The second-order valence-electron chi connectivity index (χ2n) is 6.56. The summed E-state index contributed by atoms with van der Waals surface area (Å²) in [5.74, 6) is -45.0. The first kappa shape index (κ1) is 36.6. The fraction of sp³-hybridized carbons (Fsp3) is 0.818. The predicted octanol–water partition coefficient (Wildman–Crippen LogP) is 3.53. The van der Waals surface area contributed by atoms with Gasteiger partial charge < -0.3 is 10.2 Å². The van der Waals surface area contributed by atoms with E-state index in [2.05, 4.69) is 0 Å². The Labute approximate surface area is 199 Å². The SMILES string of the molecule is O=C(O)C(C(=O)O)(S(=O)(=O)C(F)(F)C(F)(F)C(F)(F)C(F)(F)F)S(=O)(=O)C(F)(F)C(F)(F)C(F)(F)C(F)(F)F. The first-order valence-corrected chi connectivity index (χ1v) is 10.7. The van der Waals surface area contributed by atoms with Crippen molar-refractivity contribution >= 4 is 31.6 Å². The van der Waals surface area contributed by atoms with Crippen LogP contribution in [0.4, 0.5) is 79.0 Å². The smallest absolute Gasteiger partial charge is 0.460 e. The highest BCUT2D eigenvalue weighted by Crippen LogP contribution is 2.60. The molecule has 0 aliphatic rings. The van der Waals surface area contributed by atoms with Gasteiger partial charge in [-0.1, -0.05) is 0 Å². The van der Waals surface area contributed by atoms with Gasteiger partial charge in [-0.3, -0.25) is 0 Å². The molecule has 0 spiro atoms. The largest absolute Gasteiger partial charge is 0.479 e. The van der Waals surface area contributed by atoms with Crippen molar-refractivity contribution in [1.82, 2.24) is 0 Å². The van der Waals surface area contributed by atoms with E-state index in [0.29, 0.717) is 0 Å². The molecule has 0 aliphatic carbocycles. The lowest BCUT2D eigenvalue weighted by Crippen LogP contribution is -2.75. The molecule has 0 heterocycles. The molecule has 0 saturated heterocycles. The molecule has 0 aromatic heterocycles. The zero-order chi connectivity index (χ0) is 32.7. The first-order chi connectivity index (χ1) is 16.4. The highest BCUT2D eigenvalue weighted by atomic mass is 32.3. The Morgan fingerprint density at radius 2 is 0.590 bits per heavy atom. The van der Waals surface area contributed by atoms with Gasteiger partial charge in [0.25, 0.3) is 19.7 Å². The monoisotopic (exact) mass is 668 g/mol. The molecule has 28 heteroatoms. The van der Waals surface area contributed by atoms with E-state index in [1.807, 2.05) is 0 Å². The highest BCUT2D eigenvalue weighted by molar-refractivity contribution is 8.13. The van der Waals surface area contributed by atoms with Crippen molar-refractivity contribution in [2.45, 2.75) is 50.6 Å². The van der Waals surface area contributed by atoms with Gasteiger partial charge >= 0.3 is 62.6 Å². The van der Waals surface area contributed by atoms with Crippen molar-refractivity contribution in [1.29, 1.82) is 0 Å². The van der Waals surface area contributed by atoms with Gasteiger partial charge in [-0.25, -0.2) is 26.4 Å². The summed E-state index contributed by atoms with van der Waals surface area (Å²) in [6.07, 6.45) is -16.1. The molecule has 0 atom stereocenters. The third-order valence-electron chi connectivity index (χ3n) is 4.23. The standard InChI is InChI=1S/C11H2F18O8S2/c12-4(13,8(20,21)22)6(16,17)10(26,27)38(34,35)3(1(30)31,2(32)33)39(36,37)11(28,29)7(18,19)5(14,15)9(23,24)25/h(H,30,31)(H,32,33). The minimum atomic E-state index is -9.93. The molecule has 0 bridgehead atoms. The van der Waals surface area contributed by atoms with Crippen LogP contribution in [-0.2, 0) is 29.3 Å². The molecule has 2 N–H and O–H groups in total. The Morgan fingerprint density at radius 1 is 0.410 bits per heavy atom. The van der Waals surface area contributed by atoms with E-state index in [-0.39, 0.29) is 0 Å². The van der Waals surface area contributed by atoms with Crippen LogP contribution in [0.25, 0.3) is 0 Å². The van der Waals surface area contributed by atoms with Gasteiger partial charge in [0.15, 0.2) is 0 Å². The van der Waals surface area contributed by atoms with Crippen molar-refractivity contribution in [3.05, 3.63) is 0 Å². The molecule has 0 fully saturated rings. The Hall–Kier alpha value is -2.42. The van der Waals surface area contributed by atoms with E-state index in [0.717, 1.165) is 0 Å². The summed E-state index contributed by atoms with van der Waals surface area (Å²) < 4.78 is 274. The van der Waals surface area contributed by atoms with Gasteiger partial charge in [0.1, 0.15) is 0 Å². The van der Waals surface area contributed by atoms with Crippen molar-refractivity contribution in [2.24, 2.45) is 0 Å². The number of hydrogen-bond donors (Lipinski definition) is 2. The molecule has 232 valence electrons. The van der Waals surface area contributed by atoms with E-state index >= 15 is 0 Å². The van der Waals surface area contributed by atoms with Gasteiger partial charge in [0, 0.05) is 0 Å². The molecule has 0 saturated carbocycles. The molecule has 0 amide bonds. The van der Waals surface area contributed by atoms with E-state index < -0.39 is 82.2 Å². The fourth-order valence-corrected chi connectivity index (χ4v) is 6.47. The van der Waals surface area contributed by atoms with Crippen LogP contribution in [0.2, 0.25) is 0 Å². The zero-order valence-corrected chi connectivity index (χ0v) is 18.1. The maximum Gasteiger partial charge on any atom is 0.460 e. The lowest BCUT2D eigenvalue weighted by atomic mass is 10.1. The summed E-state index contributed by atoms with van der Waals surface area (Å²) in [5.41, 5.74) is 0. The van der Waals surface area contributed by atoms with E-state index in [1.54, 1.807) is 0 Å². The molecule has 0 aromatic rings. The van der Waals surface area contributed by atoms with Crippen LogP contribution in [0.5, 0.6) is 0 Å². The average Bonchev–Trinajstić information content (AvgIpc) is 2.64. The van der Waals surface area contributed by atoms with Crippen molar-refractivity contribution < 1.29 is 116 Å². The zero-order valence-electron chi connectivity index (χ0n) is 16.5. The van der Waals surface area contributed by atoms with Gasteiger partial charge in [-0.05, 0) is 0 Å². The quantitative estimate of drug-likeness (QED) is 0.266. The van der Waals surface area contributed by atoms with Crippen LogP contribution in [0.15, 0.2) is 0 Å².